The highest BCUT2D eigenvalue weighted by Crippen LogP contribution is 2.05. The Morgan fingerprint density at radius 3 is 2.25 bits per heavy atom. The van der Waals surface area contributed by atoms with Crippen LogP contribution in [0.1, 0.15) is 10.4 Å². The molecule has 0 saturated heterocycles. The van der Waals surface area contributed by atoms with Gasteiger partial charge in [0.15, 0.2) is 6.04 Å². The van der Waals surface area contributed by atoms with Gasteiger partial charge in [-0.2, -0.15) is 0 Å². The van der Waals surface area contributed by atoms with Gasteiger partial charge >= 0.3 is 5.97 Å². The summed E-state index contributed by atoms with van der Waals surface area (Å²) < 4.78 is -1.18. The lowest BCUT2D eigenvalue weighted by Gasteiger charge is -2.15. The molecule has 1 aromatic carbocycles. The van der Waals surface area contributed by atoms with Crippen molar-refractivity contribution >= 4 is 34.5 Å². The molecule has 0 radical (unpaired) electrons. The fourth-order valence-corrected chi connectivity index (χ4v) is 1.55. The van der Waals surface area contributed by atoms with Crippen LogP contribution in [0.5, 0.6) is 0 Å². The zero-order chi connectivity index (χ0) is 12.1. The maximum absolute atomic E-state index is 11.6. The molecular weight excluding hydrogens is 325 g/mol. The predicted octanol–water partition coefficient (Wildman–Crippen LogP) is 0.623. The Labute approximate surface area is 106 Å². The molecule has 0 bridgehead atoms. The van der Waals surface area contributed by atoms with Crippen LogP contribution in [0.2, 0.25) is 0 Å². The van der Waals surface area contributed by atoms with Gasteiger partial charge in [-0.05, 0) is 34.7 Å². The molecule has 1 amide bonds. The summed E-state index contributed by atoms with van der Waals surface area (Å²) in [6.45, 7) is 0. The van der Waals surface area contributed by atoms with E-state index in [4.69, 9.17) is 10.2 Å². The molecule has 0 aliphatic heterocycles. The summed E-state index contributed by atoms with van der Waals surface area (Å²) in [6, 6.07) is 6.91. The predicted molar refractivity (Wildman–Crippen MR) is 65.4 cm³/mol. The number of hydrogen-bond donors (Lipinski definition) is 3. The Morgan fingerprint density at radius 2 is 1.81 bits per heavy atom. The number of hydrogen-bond acceptors (Lipinski definition) is 3. The number of nitrogens with one attached hydrogen (secondary N) is 1. The van der Waals surface area contributed by atoms with Crippen LogP contribution in [0, 0.1) is 0 Å². The van der Waals surface area contributed by atoms with E-state index in [9.17, 15) is 9.59 Å². The van der Waals surface area contributed by atoms with E-state index in [2.05, 4.69) is 5.32 Å². The van der Waals surface area contributed by atoms with E-state index in [0.29, 0.717) is 5.56 Å². The van der Waals surface area contributed by atoms with E-state index < -0.39 is 22.0 Å². The van der Waals surface area contributed by atoms with Gasteiger partial charge in [-0.25, -0.2) is 4.79 Å². The van der Waals surface area contributed by atoms with E-state index in [1.54, 1.807) is 30.3 Å². The second-order valence-corrected chi connectivity index (χ2v) is 4.30. The van der Waals surface area contributed by atoms with Gasteiger partial charge in [0.2, 0.25) is 0 Å². The third kappa shape index (κ3) is 3.46. The number of aliphatic hydroxyl groups is 1. The number of alkyl halides is 1. The van der Waals surface area contributed by atoms with Crippen LogP contribution in [-0.4, -0.2) is 32.2 Å². The third-order valence-corrected chi connectivity index (χ3v) is 2.58. The standard InChI is InChI=1S/C10H10INO4/c11-8(13)7(10(15)16)12-9(14)6-4-2-1-3-5-6/h1-5,7-8,13H,(H,12,14)(H,15,16)/t7-,8?/m0/s1. The molecule has 5 nitrogen and oxygen atoms in total. The molecule has 0 heterocycles. The lowest BCUT2D eigenvalue weighted by Crippen LogP contribution is -2.46. The molecule has 6 heteroatoms. The summed E-state index contributed by atoms with van der Waals surface area (Å²) in [6.07, 6.45) is 0. The number of carboxylic acids is 1. The van der Waals surface area contributed by atoms with E-state index in [1.807, 2.05) is 0 Å². The molecule has 0 spiro atoms. The van der Waals surface area contributed by atoms with Gasteiger partial charge in [-0.15, -0.1) is 0 Å². The monoisotopic (exact) mass is 335 g/mol. The van der Waals surface area contributed by atoms with E-state index in [-0.39, 0.29) is 0 Å². The molecular formula is C10H10INO4. The summed E-state index contributed by atoms with van der Waals surface area (Å²) in [5.74, 6) is -1.80. The zero-order valence-electron chi connectivity index (χ0n) is 8.13. The van der Waals surface area contributed by atoms with Crippen LogP contribution >= 0.6 is 22.6 Å². The number of carbonyl (C=O) groups is 2. The number of amides is 1. The first-order valence-corrected chi connectivity index (χ1v) is 5.68. The molecule has 1 aromatic rings. The Morgan fingerprint density at radius 1 is 1.25 bits per heavy atom. The molecule has 1 rings (SSSR count). The first kappa shape index (κ1) is 12.9. The highest BCUT2D eigenvalue weighted by Gasteiger charge is 2.26. The van der Waals surface area contributed by atoms with Crippen LogP contribution in [0.15, 0.2) is 30.3 Å². The molecule has 86 valence electrons. The van der Waals surface area contributed by atoms with Crippen molar-refractivity contribution < 1.29 is 19.8 Å². The van der Waals surface area contributed by atoms with Crippen molar-refractivity contribution in [1.82, 2.24) is 5.32 Å². The molecule has 0 fully saturated rings. The molecule has 0 aliphatic rings. The van der Waals surface area contributed by atoms with Crippen LogP contribution < -0.4 is 5.32 Å². The second kappa shape index (κ2) is 5.80. The van der Waals surface area contributed by atoms with Crippen LogP contribution in [0.3, 0.4) is 0 Å². The van der Waals surface area contributed by atoms with Crippen LogP contribution in [-0.2, 0) is 4.79 Å². The third-order valence-electron chi connectivity index (χ3n) is 1.86. The molecule has 2 atom stereocenters. The Hall–Kier alpha value is -1.15. The van der Waals surface area contributed by atoms with Gasteiger partial charge in [0.05, 0.1) is 0 Å². The van der Waals surface area contributed by atoms with E-state index in [1.165, 1.54) is 22.6 Å². The van der Waals surface area contributed by atoms with Crippen molar-refractivity contribution in [2.45, 2.75) is 10.2 Å². The first-order valence-electron chi connectivity index (χ1n) is 4.43. The van der Waals surface area contributed by atoms with Gasteiger partial charge in [-0.3, -0.25) is 4.79 Å². The van der Waals surface area contributed by atoms with Crippen LogP contribution in [0.25, 0.3) is 0 Å². The van der Waals surface area contributed by atoms with E-state index >= 15 is 0 Å². The summed E-state index contributed by atoms with van der Waals surface area (Å²) in [7, 11) is 0. The number of benzene rings is 1. The fraction of sp³-hybridized carbons (Fsp3) is 0.200. The summed E-state index contributed by atoms with van der Waals surface area (Å²) in [5, 5.41) is 20.2. The zero-order valence-corrected chi connectivity index (χ0v) is 10.3. The quantitative estimate of drug-likeness (QED) is 0.556. The summed E-state index contributed by atoms with van der Waals surface area (Å²) in [4.78, 5) is 22.3. The molecule has 0 saturated carbocycles. The first-order chi connectivity index (χ1) is 7.52. The lowest BCUT2D eigenvalue weighted by molar-refractivity contribution is -0.140. The van der Waals surface area contributed by atoms with Gasteiger partial charge in [0.1, 0.15) is 4.11 Å². The molecule has 0 aromatic heterocycles. The average molecular weight is 335 g/mol. The summed E-state index contributed by atoms with van der Waals surface area (Å²) in [5.41, 5.74) is 0.353. The van der Waals surface area contributed by atoms with Crippen molar-refractivity contribution in [2.24, 2.45) is 0 Å². The Bertz CT molecular complexity index is 380. The largest absolute Gasteiger partial charge is 0.480 e. The lowest BCUT2D eigenvalue weighted by atomic mass is 10.2. The molecule has 3 N–H and O–H groups in total. The smallest absolute Gasteiger partial charge is 0.329 e. The highest BCUT2D eigenvalue weighted by molar-refractivity contribution is 14.1. The SMILES string of the molecule is O=C(N[C@H](C(=O)O)C(O)I)c1ccccc1. The van der Waals surface area contributed by atoms with Gasteiger partial charge in [0, 0.05) is 5.56 Å². The van der Waals surface area contributed by atoms with Crippen molar-refractivity contribution in [2.75, 3.05) is 0 Å². The van der Waals surface area contributed by atoms with Crippen molar-refractivity contribution in [3.8, 4) is 0 Å². The van der Waals surface area contributed by atoms with Crippen molar-refractivity contribution in [3.63, 3.8) is 0 Å². The second-order valence-electron chi connectivity index (χ2n) is 3.03. The number of halogens is 1. The van der Waals surface area contributed by atoms with Crippen LogP contribution in [0.4, 0.5) is 0 Å². The average Bonchev–Trinajstić information content (AvgIpc) is 2.25. The van der Waals surface area contributed by atoms with E-state index in [0.717, 1.165) is 0 Å². The van der Waals surface area contributed by atoms with Gasteiger partial charge < -0.3 is 15.5 Å². The maximum atomic E-state index is 11.6. The highest BCUT2D eigenvalue weighted by atomic mass is 127. The Kier molecular flexibility index (Phi) is 4.69. The minimum absolute atomic E-state index is 0.353. The number of carbonyl (C=O) groups excluding carboxylic acids is 1. The fourth-order valence-electron chi connectivity index (χ4n) is 1.06. The topological polar surface area (TPSA) is 86.6 Å². The van der Waals surface area contributed by atoms with Crippen molar-refractivity contribution in [1.29, 1.82) is 0 Å². The number of rotatable bonds is 4. The number of aliphatic carboxylic acids is 1. The minimum Gasteiger partial charge on any atom is -0.480 e. The molecule has 16 heavy (non-hydrogen) atoms. The van der Waals surface area contributed by atoms with Crippen molar-refractivity contribution in [3.05, 3.63) is 35.9 Å². The maximum Gasteiger partial charge on any atom is 0.329 e. The minimum atomic E-state index is -1.31. The molecule has 1 unspecified atom stereocenters. The molecule has 0 aliphatic carbocycles. The number of aliphatic hydroxyl groups excluding tert-OH is 1. The summed E-state index contributed by atoms with van der Waals surface area (Å²) >= 11 is 1.53. The number of carboxylic acid groups (broad SMARTS) is 1. The normalized spacial score (nSPS) is 13.9. The van der Waals surface area contributed by atoms with Gasteiger partial charge in [-0.1, -0.05) is 18.2 Å². The Balaban J connectivity index is 2.74. The van der Waals surface area contributed by atoms with Gasteiger partial charge in [0.25, 0.3) is 5.91 Å².